The highest BCUT2D eigenvalue weighted by Crippen LogP contribution is 2.12. The highest BCUT2D eigenvalue weighted by atomic mass is 35.5. The van der Waals surface area contributed by atoms with Crippen molar-refractivity contribution in [1.29, 1.82) is 0 Å². The largest absolute Gasteiger partial charge is 0.383 e. The molecule has 0 radical (unpaired) electrons. The fourth-order valence-electron chi connectivity index (χ4n) is 1.89. The predicted molar refractivity (Wildman–Crippen MR) is 71.1 cm³/mol. The normalized spacial score (nSPS) is 12.5. The van der Waals surface area contributed by atoms with Gasteiger partial charge in [0.15, 0.2) is 0 Å². The van der Waals surface area contributed by atoms with E-state index in [1.807, 2.05) is 20.9 Å². The third kappa shape index (κ3) is 3.46. The molecule has 0 spiro atoms. The second-order valence-corrected chi connectivity index (χ2v) is 4.65. The fourth-order valence-corrected chi connectivity index (χ4v) is 2.15. The van der Waals surface area contributed by atoms with Crippen molar-refractivity contribution in [3.63, 3.8) is 0 Å². The van der Waals surface area contributed by atoms with Crippen LogP contribution in [-0.4, -0.2) is 41.3 Å². The Morgan fingerprint density at radius 1 is 1.56 bits per heavy atom. The van der Waals surface area contributed by atoms with Gasteiger partial charge in [0.2, 0.25) is 0 Å². The SMILES string of the molecule is COCC(CCCl)NC(=O)c1c(C)nn(C)c1C. The number of alkyl halides is 1. The third-order valence-electron chi connectivity index (χ3n) is 2.90. The van der Waals surface area contributed by atoms with Crippen LogP contribution < -0.4 is 5.32 Å². The van der Waals surface area contributed by atoms with Gasteiger partial charge >= 0.3 is 0 Å². The van der Waals surface area contributed by atoms with Crippen molar-refractivity contribution in [3.8, 4) is 0 Å². The summed E-state index contributed by atoms with van der Waals surface area (Å²) < 4.78 is 6.77. The molecule has 1 heterocycles. The number of methoxy groups -OCH3 is 1. The van der Waals surface area contributed by atoms with Crippen LogP contribution in [0.3, 0.4) is 0 Å². The molecule has 1 atom stereocenters. The quantitative estimate of drug-likeness (QED) is 0.798. The van der Waals surface area contributed by atoms with Crippen molar-refractivity contribution in [3.05, 3.63) is 17.0 Å². The van der Waals surface area contributed by atoms with Gasteiger partial charge in [-0.15, -0.1) is 11.6 Å². The molecular formula is C12H20ClN3O2. The number of nitrogens with zero attached hydrogens (tertiary/aromatic N) is 2. The van der Waals surface area contributed by atoms with E-state index in [-0.39, 0.29) is 11.9 Å². The molecule has 1 N–H and O–H groups in total. The Morgan fingerprint density at radius 2 is 2.22 bits per heavy atom. The first-order valence-electron chi connectivity index (χ1n) is 5.87. The summed E-state index contributed by atoms with van der Waals surface area (Å²) in [6.07, 6.45) is 0.680. The lowest BCUT2D eigenvalue weighted by atomic mass is 10.1. The van der Waals surface area contributed by atoms with Crippen molar-refractivity contribution in [2.24, 2.45) is 7.05 Å². The second-order valence-electron chi connectivity index (χ2n) is 4.27. The van der Waals surface area contributed by atoms with E-state index in [0.29, 0.717) is 24.5 Å². The van der Waals surface area contributed by atoms with Gasteiger partial charge in [-0.1, -0.05) is 0 Å². The molecule has 0 saturated heterocycles. The number of hydrogen-bond donors (Lipinski definition) is 1. The molecule has 18 heavy (non-hydrogen) atoms. The summed E-state index contributed by atoms with van der Waals surface area (Å²) in [5, 5.41) is 7.16. The number of aryl methyl sites for hydroxylation is 2. The minimum Gasteiger partial charge on any atom is -0.383 e. The van der Waals surface area contributed by atoms with Crippen LogP contribution in [0.1, 0.15) is 28.2 Å². The first kappa shape index (κ1) is 15.0. The highest BCUT2D eigenvalue weighted by Gasteiger charge is 2.20. The monoisotopic (exact) mass is 273 g/mol. The van der Waals surface area contributed by atoms with Gasteiger partial charge in [-0.05, 0) is 20.3 Å². The van der Waals surface area contributed by atoms with Crippen LogP contribution in [0, 0.1) is 13.8 Å². The molecule has 6 heteroatoms. The van der Waals surface area contributed by atoms with E-state index in [9.17, 15) is 4.79 Å². The summed E-state index contributed by atoms with van der Waals surface area (Å²) in [6, 6.07) is -0.0704. The molecule has 5 nitrogen and oxygen atoms in total. The van der Waals surface area contributed by atoms with Crippen LogP contribution in [0.2, 0.25) is 0 Å². The molecule has 0 bridgehead atoms. The van der Waals surface area contributed by atoms with E-state index >= 15 is 0 Å². The number of ether oxygens (including phenoxy) is 1. The molecular weight excluding hydrogens is 254 g/mol. The number of carbonyl (C=O) groups is 1. The topological polar surface area (TPSA) is 56.1 Å². The van der Waals surface area contributed by atoms with E-state index < -0.39 is 0 Å². The number of nitrogens with one attached hydrogen (secondary N) is 1. The van der Waals surface area contributed by atoms with E-state index in [1.165, 1.54) is 0 Å². The van der Waals surface area contributed by atoms with Gasteiger partial charge in [-0.3, -0.25) is 9.48 Å². The fraction of sp³-hybridized carbons (Fsp3) is 0.667. The molecule has 0 fully saturated rings. The maximum atomic E-state index is 12.2. The Bertz CT molecular complexity index is 412. The summed E-state index contributed by atoms with van der Waals surface area (Å²) in [7, 11) is 3.43. The Balaban J connectivity index is 2.80. The zero-order valence-electron chi connectivity index (χ0n) is 11.3. The van der Waals surface area contributed by atoms with E-state index in [1.54, 1.807) is 11.8 Å². The van der Waals surface area contributed by atoms with Crippen molar-refractivity contribution in [1.82, 2.24) is 15.1 Å². The Hall–Kier alpha value is -1.07. The standard InChI is InChI=1S/C12H20ClN3O2/c1-8-11(9(2)16(3)15-8)12(17)14-10(5-6-13)7-18-4/h10H,5-7H2,1-4H3,(H,14,17). The Kier molecular flexibility index (Phi) is 5.62. The minimum absolute atomic E-state index is 0.0704. The van der Waals surface area contributed by atoms with Crippen LogP contribution >= 0.6 is 11.6 Å². The molecule has 0 aliphatic heterocycles. The van der Waals surface area contributed by atoms with Crippen molar-refractivity contribution in [2.45, 2.75) is 26.3 Å². The summed E-state index contributed by atoms with van der Waals surface area (Å²) in [4.78, 5) is 12.2. The van der Waals surface area contributed by atoms with E-state index in [2.05, 4.69) is 10.4 Å². The van der Waals surface area contributed by atoms with Gasteiger partial charge < -0.3 is 10.1 Å². The van der Waals surface area contributed by atoms with Crippen LogP contribution in [0.15, 0.2) is 0 Å². The first-order valence-corrected chi connectivity index (χ1v) is 6.40. The molecule has 0 saturated carbocycles. The third-order valence-corrected chi connectivity index (χ3v) is 3.11. The zero-order chi connectivity index (χ0) is 13.7. The van der Waals surface area contributed by atoms with Crippen LogP contribution in [-0.2, 0) is 11.8 Å². The highest BCUT2D eigenvalue weighted by molar-refractivity contribution is 6.17. The molecule has 102 valence electrons. The van der Waals surface area contributed by atoms with Crippen molar-refractivity contribution < 1.29 is 9.53 Å². The van der Waals surface area contributed by atoms with Gasteiger partial charge in [0.25, 0.3) is 5.91 Å². The summed E-state index contributed by atoms with van der Waals surface area (Å²) >= 11 is 5.70. The first-order chi connectivity index (χ1) is 8.51. The zero-order valence-corrected chi connectivity index (χ0v) is 12.0. The Labute approximate surface area is 112 Å². The van der Waals surface area contributed by atoms with Gasteiger partial charge in [0.05, 0.1) is 23.9 Å². The molecule has 0 aliphatic rings. The molecule has 0 aromatic carbocycles. The average Bonchev–Trinajstić information content (AvgIpc) is 2.53. The predicted octanol–water partition coefficient (Wildman–Crippen LogP) is 1.41. The molecule has 1 rings (SSSR count). The van der Waals surface area contributed by atoms with Gasteiger partial charge in [0.1, 0.15) is 0 Å². The van der Waals surface area contributed by atoms with E-state index in [4.69, 9.17) is 16.3 Å². The summed E-state index contributed by atoms with van der Waals surface area (Å²) in [6.45, 7) is 4.16. The summed E-state index contributed by atoms with van der Waals surface area (Å²) in [5.41, 5.74) is 2.22. The van der Waals surface area contributed by atoms with Crippen molar-refractivity contribution >= 4 is 17.5 Å². The maximum Gasteiger partial charge on any atom is 0.255 e. The van der Waals surface area contributed by atoms with Gasteiger partial charge in [-0.2, -0.15) is 5.10 Å². The number of amides is 1. The van der Waals surface area contributed by atoms with Crippen LogP contribution in [0.25, 0.3) is 0 Å². The van der Waals surface area contributed by atoms with Crippen LogP contribution in [0.5, 0.6) is 0 Å². The minimum atomic E-state index is -0.120. The molecule has 0 aliphatic carbocycles. The lowest BCUT2D eigenvalue weighted by Gasteiger charge is -2.16. The number of rotatable bonds is 6. The number of halogens is 1. The van der Waals surface area contributed by atoms with Gasteiger partial charge in [0, 0.05) is 25.7 Å². The summed E-state index contributed by atoms with van der Waals surface area (Å²) in [5.74, 6) is 0.365. The van der Waals surface area contributed by atoms with E-state index in [0.717, 1.165) is 11.4 Å². The van der Waals surface area contributed by atoms with Crippen LogP contribution in [0.4, 0.5) is 0 Å². The molecule has 1 amide bonds. The number of aromatic nitrogens is 2. The molecule has 1 aromatic rings. The molecule has 1 unspecified atom stereocenters. The van der Waals surface area contributed by atoms with Gasteiger partial charge in [-0.25, -0.2) is 0 Å². The number of carbonyl (C=O) groups excluding carboxylic acids is 1. The maximum absolute atomic E-state index is 12.2. The second kappa shape index (κ2) is 6.75. The lowest BCUT2D eigenvalue weighted by Crippen LogP contribution is -2.38. The van der Waals surface area contributed by atoms with Crippen molar-refractivity contribution in [2.75, 3.05) is 19.6 Å². The Morgan fingerprint density at radius 3 is 2.67 bits per heavy atom. The lowest BCUT2D eigenvalue weighted by molar-refractivity contribution is 0.0894. The smallest absolute Gasteiger partial charge is 0.255 e. The average molecular weight is 274 g/mol. The number of hydrogen-bond acceptors (Lipinski definition) is 3. The molecule has 1 aromatic heterocycles.